The molecule has 0 aliphatic heterocycles. The zero-order valence-corrected chi connectivity index (χ0v) is 6.62. The number of hydrogen-bond donors (Lipinski definition) is 2. The van der Waals surface area contributed by atoms with Gasteiger partial charge in [0.25, 0.3) is 0 Å². The Bertz CT molecular complexity index is 113. The van der Waals surface area contributed by atoms with Crippen molar-refractivity contribution in [1.82, 2.24) is 0 Å². The van der Waals surface area contributed by atoms with Crippen molar-refractivity contribution >= 4 is 5.97 Å². The molecule has 0 aromatic rings. The van der Waals surface area contributed by atoms with Gasteiger partial charge in [-0.25, -0.2) is 4.79 Å². The van der Waals surface area contributed by atoms with Crippen LogP contribution in [-0.2, 0) is 9.53 Å². The molecule has 0 aliphatic carbocycles. The molecule has 4 heteroatoms. The molecule has 11 heavy (non-hydrogen) atoms. The molecule has 0 aromatic heterocycles. The highest BCUT2D eigenvalue weighted by Crippen LogP contribution is 2.00. The van der Waals surface area contributed by atoms with Gasteiger partial charge in [0.2, 0.25) is 0 Å². The highest BCUT2D eigenvalue weighted by atomic mass is 16.5. The van der Waals surface area contributed by atoms with Gasteiger partial charge >= 0.3 is 5.97 Å². The number of carboxylic acid groups (broad SMARTS) is 1. The average molecular weight is 162 g/mol. The Hall–Kier alpha value is -0.610. The van der Waals surface area contributed by atoms with E-state index in [2.05, 4.69) is 0 Å². The lowest BCUT2D eigenvalue weighted by atomic mass is 10.1. The van der Waals surface area contributed by atoms with Crippen molar-refractivity contribution in [1.29, 1.82) is 0 Å². The number of aliphatic hydroxyl groups is 1. The van der Waals surface area contributed by atoms with Gasteiger partial charge in [-0.1, -0.05) is 0 Å². The average Bonchev–Trinajstić information content (AvgIpc) is 1.97. The molecule has 0 saturated heterocycles. The normalized spacial score (nSPS) is 12.9. The Morgan fingerprint density at radius 2 is 2.18 bits per heavy atom. The molecule has 0 heterocycles. The maximum atomic E-state index is 10.1. The number of ether oxygens (including phenoxy) is 1. The molecule has 1 unspecified atom stereocenters. The third kappa shape index (κ3) is 5.82. The third-order valence-electron chi connectivity index (χ3n) is 1.36. The van der Waals surface area contributed by atoms with E-state index in [9.17, 15) is 4.79 Å². The molecule has 0 radical (unpaired) electrons. The molecule has 0 aliphatic rings. The van der Waals surface area contributed by atoms with E-state index >= 15 is 0 Å². The number of hydrogen-bond acceptors (Lipinski definition) is 3. The number of aliphatic hydroxyl groups excluding tert-OH is 1. The summed E-state index contributed by atoms with van der Waals surface area (Å²) in [7, 11) is 1.59. The van der Waals surface area contributed by atoms with E-state index in [1.54, 1.807) is 7.11 Å². The maximum absolute atomic E-state index is 10.1. The summed E-state index contributed by atoms with van der Waals surface area (Å²) in [5, 5.41) is 17.0. The van der Waals surface area contributed by atoms with E-state index in [4.69, 9.17) is 14.9 Å². The minimum Gasteiger partial charge on any atom is -0.479 e. The second-order valence-corrected chi connectivity index (χ2v) is 2.34. The van der Waals surface area contributed by atoms with E-state index in [-0.39, 0.29) is 0 Å². The fourth-order valence-corrected chi connectivity index (χ4v) is 0.708. The first-order valence-electron chi connectivity index (χ1n) is 3.58. The van der Waals surface area contributed by atoms with Crippen LogP contribution in [0.1, 0.15) is 19.3 Å². The lowest BCUT2D eigenvalue weighted by molar-refractivity contribution is -0.147. The molecule has 0 fully saturated rings. The van der Waals surface area contributed by atoms with Gasteiger partial charge in [0, 0.05) is 13.7 Å². The van der Waals surface area contributed by atoms with E-state index < -0.39 is 12.1 Å². The fourth-order valence-electron chi connectivity index (χ4n) is 0.708. The van der Waals surface area contributed by atoms with Crippen LogP contribution in [0.2, 0.25) is 0 Å². The monoisotopic (exact) mass is 162 g/mol. The van der Waals surface area contributed by atoms with Gasteiger partial charge in [-0.05, 0) is 19.3 Å². The van der Waals surface area contributed by atoms with Crippen molar-refractivity contribution in [2.75, 3.05) is 13.7 Å². The van der Waals surface area contributed by atoms with Crippen LogP contribution < -0.4 is 0 Å². The maximum Gasteiger partial charge on any atom is 0.332 e. The van der Waals surface area contributed by atoms with Gasteiger partial charge in [-0.15, -0.1) is 0 Å². The van der Waals surface area contributed by atoms with Gasteiger partial charge < -0.3 is 14.9 Å². The standard InChI is InChI=1S/C7H14O4/c1-11-5-3-2-4-6(8)7(9)10/h6,8H,2-5H2,1H3,(H,9,10). The first-order valence-corrected chi connectivity index (χ1v) is 3.58. The summed E-state index contributed by atoms with van der Waals surface area (Å²) in [6.07, 6.45) is 0.563. The lowest BCUT2D eigenvalue weighted by Gasteiger charge is -2.03. The minimum absolute atomic E-state index is 0.304. The Balaban J connectivity index is 3.17. The second-order valence-electron chi connectivity index (χ2n) is 2.34. The van der Waals surface area contributed by atoms with E-state index in [1.807, 2.05) is 0 Å². The van der Waals surface area contributed by atoms with Crippen molar-refractivity contribution in [3.8, 4) is 0 Å². The molecule has 0 aromatic carbocycles. The van der Waals surface area contributed by atoms with E-state index in [0.717, 1.165) is 6.42 Å². The number of rotatable bonds is 6. The van der Waals surface area contributed by atoms with Crippen LogP contribution in [0, 0.1) is 0 Å². The quantitative estimate of drug-likeness (QED) is 0.549. The van der Waals surface area contributed by atoms with Crippen LogP contribution in [0.5, 0.6) is 0 Å². The molecule has 0 bridgehead atoms. The van der Waals surface area contributed by atoms with Gasteiger partial charge in [0.05, 0.1) is 0 Å². The zero-order valence-electron chi connectivity index (χ0n) is 6.62. The number of carboxylic acids is 1. The molecule has 4 nitrogen and oxygen atoms in total. The van der Waals surface area contributed by atoms with Gasteiger partial charge in [0.1, 0.15) is 0 Å². The highest BCUT2D eigenvalue weighted by Gasteiger charge is 2.11. The summed E-state index contributed by atoms with van der Waals surface area (Å²) in [6.45, 7) is 0.617. The Morgan fingerprint density at radius 1 is 1.55 bits per heavy atom. The molecular formula is C7H14O4. The van der Waals surface area contributed by atoms with Gasteiger partial charge in [0.15, 0.2) is 6.10 Å². The molecule has 0 rings (SSSR count). The second kappa shape index (κ2) is 6.12. The fraction of sp³-hybridized carbons (Fsp3) is 0.857. The lowest BCUT2D eigenvalue weighted by Crippen LogP contribution is -2.19. The van der Waals surface area contributed by atoms with Crippen LogP contribution in [0.4, 0.5) is 0 Å². The van der Waals surface area contributed by atoms with Crippen molar-refractivity contribution in [2.45, 2.75) is 25.4 Å². The first kappa shape index (κ1) is 10.4. The first-order chi connectivity index (χ1) is 5.18. The highest BCUT2D eigenvalue weighted by molar-refractivity contribution is 5.71. The van der Waals surface area contributed by atoms with Crippen LogP contribution in [0.15, 0.2) is 0 Å². The molecule has 0 spiro atoms. The Kier molecular flexibility index (Phi) is 5.78. The van der Waals surface area contributed by atoms with Crippen molar-refractivity contribution in [3.63, 3.8) is 0 Å². The van der Waals surface area contributed by atoms with Crippen LogP contribution in [-0.4, -0.2) is 36.0 Å². The topological polar surface area (TPSA) is 66.8 Å². The number of carbonyl (C=O) groups is 1. The Morgan fingerprint density at radius 3 is 2.64 bits per heavy atom. The largest absolute Gasteiger partial charge is 0.479 e. The number of unbranched alkanes of at least 4 members (excludes halogenated alkanes) is 1. The van der Waals surface area contributed by atoms with Crippen LogP contribution in [0.25, 0.3) is 0 Å². The van der Waals surface area contributed by atoms with Gasteiger partial charge in [-0.2, -0.15) is 0 Å². The summed E-state index contributed by atoms with van der Waals surface area (Å²) in [4.78, 5) is 10.1. The predicted molar refractivity (Wildman–Crippen MR) is 39.4 cm³/mol. The number of methoxy groups -OCH3 is 1. The minimum atomic E-state index is -1.22. The van der Waals surface area contributed by atoms with Gasteiger partial charge in [-0.3, -0.25) is 0 Å². The van der Waals surface area contributed by atoms with Crippen molar-refractivity contribution in [2.24, 2.45) is 0 Å². The van der Waals surface area contributed by atoms with Crippen LogP contribution >= 0.6 is 0 Å². The zero-order chi connectivity index (χ0) is 8.69. The molecule has 0 saturated carbocycles. The van der Waals surface area contributed by atoms with Crippen LogP contribution in [0.3, 0.4) is 0 Å². The molecule has 66 valence electrons. The third-order valence-corrected chi connectivity index (χ3v) is 1.36. The Labute approximate surface area is 65.8 Å². The number of aliphatic carboxylic acids is 1. The molecular weight excluding hydrogens is 148 g/mol. The summed E-state index contributed by atoms with van der Waals surface area (Å²) in [6, 6.07) is 0. The summed E-state index contributed by atoms with van der Waals surface area (Å²) in [5.74, 6) is -1.15. The molecule has 2 N–H and O–H groups in total. The predicted octanol–water partition coefficient (Wildman–Crippen LogP) is 0.249. The summed E-state index contributed by atoms with van der Waals surface area (Å²) >= 11 is 0. The van der Waals surface area contributed by atoms with Crippen molar-refractivity contribution in [3.05, 3.63) is 0 Å². The smallest absolute Gasteiger partial charge is 0.332 e. The molecule has 0 amide bonds. The van der Waals surface area contributed by atoms with E-state index in [0.29, 0.717) is 19.4 Å². The SMILES string of the molecule is COCCCCC(O)C(=O)O. The summed E-state index contributed by atoms with van der Waals surface area (Å²) in [5.41, 5.74) is 0. The summed E-state index contributed by atoms with van der Waals surface area (Å²) < 4.78 is 4.76. The molecule has 1 atom stereocenters. The van der Waals surface area contributed by atoms with E-state index in [1.165, 1.54) is 0 Å². The van der Waals surface area contributed by atoms with Crippen molar-refractivity contribution < 1.29 is 19.7 Å².